The third-order valence-electron chi connectivity index (χ3n) is 18.7. The van der Waals surface area contributed by atoms with E-state index in [1.54, 1.807) is 222 Å². The van der Waals surface area contributed by atoms with Crippen molar-refractivity contribution in [1.29, 1.82) is 0 Å². The summed E-state index contributed by atoms with van der Waals surface area (Å²) in [5, 5.41) is 42.3. The highest BCUT2D eigenvalue weighted by Gasteiger charge is 2.34. The van der Waals surface area contributed by atoms with Gasteiger partial charge in [-0.3, -0.25) is 19.5 Å². The molecular weight excluding hydrogens is 1660 g/mol. The number of carbonyl (C=O) groups is 9. The summed E-state index contributed by atoms with van der Waals surface area (Å²) in [4.78, 5) is 117. The lowest BCUT2D eigenvalue weighted by Crippen LogP contribution is -2.28. The lowest BCUT2D eigenvalue weighted by atomic mass is 10.1. The van der Waals surface area contributed by atoms with E-state index in [0.29, 0.717) is 108 Å². The van der Waals surface area contributed by atoms with Crippen molar-refractivity contribution >= 4 is 184 Å². The van der Waals surface area contributed by atoms with Crippen LogP contribution in [0.25, 0.3) is 130 Å². The zero-order valence-electron chi connectivity index (χ0n) is 72.8. The number of thiophene rings is 4. The van der Waals surface area contributed by atoms with Crippen molar-refractivity contribution in [2.45, 2.75) is 204 Å². The third kappa shape index (κ3) is 19.3. The second-order valence-electron chi connectivity index (χ2n) is 35.4. The topological polar surface area (TPSA) is 342 Å². The molecule has 0 saturated carbocycles. The molecule has 124 heavy (non-hydrogen) atoms. The number of aromatic nitrogens is 12. The van der Waals surface area contributed by atoms with E-state index in [2.05, 4.69) is 36.5 Å². The van der Waals surface area contributed by atoms with Gasteiger partial charge >= 0.3 is 36.6 Å². The van der Waals surface area contributed by atoms with E-state index in [1.165, 1.54) is 61.8 Å². The van der Waals surface area contributed by atoms with Gasteiger partial charge in [-0.15, -0.1) is 45.3 Å². The zero-order chi connectivity index (χ0) is 89.9. The van der Waals surface area contributed by atoms with Crippen LogP contribution in [0.5, 0.6) is 0 Å². The number of nitrogens with zero attached hydrogens (tertiary/aromatic N) is 10. The number of fused-ring (bicyclic) bond motifs is 8. The summed E-state index contributed by atoms with van der Waals surface area (Å²) in [7, 11) is 0. The van der Waals surface area contributed by atoms with Gasteiger partial charge in [0.15, 0.2) is 11.6 Å². The predicted octanol–water partition coefficient (Wildman–Crippen LogP) is 24.1. The lowest BCUT2D eigenvalue weighted by Gasteiger charge is -2.21. The molecule has 12 heterocycles. The molecule has 0 aliphatic rings. The first kappa shape index (κ1) is 89.3. The summed E-state index contributed by atoms with van der Waals surface area (Å²) in [6.07, 6.45) is -1.91. The second-order valence-corrected chi connectivity index (χ2v) is 39.1. The Balaban J connectivity index is 0.000000144. The summed E-state index contributed by atoms with van der Waals surface area (Å²) < 4.78 is 45.0. The summed E-state index contributed by atoms with van der Waals surface area (Å²) in [5.41, 5.74) is 8.63. The maximum atomic E-state index is 13.4. The summed E-state index contributed by atoms with van der Waals surface area (Å²) in [5.74, 6) is 0.174. The average Bonchev–Trinajstić information content (AvgIpc) is 1.60. The van der Waals surface area contributed by atoms with E-state index in [-0.39, 0.29) is 11.6 Å². The van der Waals surface area contributed by atoms with Gasteiger partial charge in [-0.1, -0.05) is 26.8 Å². The molecule has 0 fully saturated rings. The molecule has 3 N–H and O–H groups in total. The van der Waals surface area contributed by atoms with E-state index in [9.17, 15) is 48.3 Å². The Kier molecular flexibility index (Phi) is 24.7. The number of rotatable bonds is 11. The first-order valence-corrected chi connectivity index (χ1v) is 43.7. The molecule has 28 nitrogen and oxygen atoms in total. The molecule has 1 unspecified atom stereocenters. The number of Topliss-reactive ketones (excluding diaryl/α,β-unsaturated/α-hetero) is 2. The summed E-state index contributed by atoms with van der Waals surface area (Å²) in [6, 6.07) is 36.4. The van der Waals surface area contributed by atoms with Crippen LogP contribution in [0.3, 0.4) is 0 Å². The SMILES string of the molecule is CC(C)(C)OC(=O)n1nc(-c2cc3cc(C=O)ccc3n2C(=O)OC(C)(C)C)c2sccc21.CCC(=O)c1ccc2[nH]c(-c3n[nH]c4ccsc34)cc2c1.CCC(=O)c1ccc2c(c1)cc(-c1nn(C(=O)OC(C)(C)C)c3ccsc13)n2C(=O)OC(C)(C)C.CCC(O)c1ccc2c(c1)cc(-c1nn(C(=O)OC(C)(C)C)c3ccsc13)n2C(=O)OC(C)(C)C. The number of hydrogen-bond acceptors (Lipinski definition) is 24. The number of H-pyrrole nitrogens is 2. The molecule has 12 aromatic heterocycles. The number of nitrogens with one attached hydrogen (secondary N) is 2. The molecule has 0 amide bonds. The average molecular weight is 1760 g/mol. The van der Waals surface area contributed by atoms with Crippen molar-refractivity contribution in [2.75, 3.05) is 0 Å². The van der Waals surface area contributed by atoms with Gasteiger partial charge in [0.05, 0.1) is 86.3 Å². The van der Waals surface area contributed by atoms with Crippen molar-refractivity contribution in [3.05, 3.63) is 165 Å². The molecule has 16 rings (SSSR count). The molecule has 0 radical (unpaired) electrons. The van der Waals surface area contributed by atoms with Gasteiger partial charge in [0.2, 0.25) is 0 Å². The van der Waals surface area contributed by atoms with Crippen LogP contribution in [0, 0.1) is 0 Å². The van der Waals surface area contributed by atoms with Gasteiger partial charge in [0.1, 0.15) is 62.7 Å². The zero-order valence-corrected chi connectivity index (χ0v) is 76.1. The van der Waals surface area contributed by atoms with Crippen LogP contribution < -0.4 is 0 Å². The van der Waals surface area contributed by atoms with Gasteiger partial charge in [0.25, 0.3) is 0 Å². The Hall–Kier alpha value is -12.5. The standard InChI is InChI=1S/C26H31N3O5S.C26H29N3O5S.C24H25N3O5S.C16H13N3OS/c2*1-8-20(30)15-9-10-17-16(13-15)14-19(28(17)23(31)33-25(2,3)4)21-22-18(11-12-35-22)29(27-21)24(32)34-26(5,6)7;1-23(2,3)31-21(29)26-16-8-7-14(13-28)11-15(16)12-18(26)19-20-17(9-10-33-20)27(25-19)22(30)32-24(4,5)6;1-2-14(20)9-3-4-11-10(7-9)8-13(17-11)15-16-12(18-19-15)5-6-21-16/h9-14,20,30H,8H2,1-7H3;9-14H,8H2,1-7H3;7-13H,1-6H3;3-8,17H,2H2,1H3,(H,18,19). The van der Waals surface area contributed by atoms with Crippen LogP contribution in [0.15, 0.2) is 143 Å². The summed E-state index contributed by atoms with van der Waals surface area (Å²) in [6.45, 7) is 37.9. The molecule has 4 aromatic carbocycles. The Bertz CT molecular complexity index is 6850. The highest BCUT2D eigenvalue weighted by molar-refractivity contribution is 7.18. The number of hydrogen-bond donors (Lipinski definition) is 3. The summed E-state index contributed by atoms with van der Waals surface area (Å²) >= 11 is 5.91. The van der Waals surface area contributed by atoms with Crippen LogP contribution in [-0.4, -0.2) is 151 Å². The smallest absolute Gasteiger partial charge is 0.435 e. The number of aliphatic hydroxyl groups is 1. The third-order valence-corrected chi connectivity index (χ3v) is 22.4. The van der Waals surface area contributed by atoms with Crippen molar-refractivity contribution < 1.29 is 76.7 Å². The fourth-order valence-corrected chi connectivity index (χ4v) is 17.0. The fourth-order valence-electron chi connectivity index (χ4n) is 13.6. The van der Waals surface area contributed by atoms with Gasteiger partial charge in [-0.05, 0) is 273 Å². The second kappa shape index (κ2) is 34.3. The largest absolute Gasteiger partial charge is 0.443 e. The Labute approximate surface area is 729 Å². The quantitative estimate of drug-likeness (QED) is 0.0615. The predicted molar refractivity (Wildman–Crippen MR) is 487 cm³/mol. The van der Waals surface area contributed by atoms with E-state index in [1.807, 2.05) is 71.8 Å². The highest BCUT2D eigenvalue weighted by atomic mass is 32.1. The number of ketones is 2. The highest BCUT2D eigenvalue weighted by Crippen LogP contribution is 2.42. The van der Waals surface area contributed by atoms with E-state index in [4.69, 9.17) is 28.4 Å². The van der Waals surface area contributed by atoms with Crippen LogP contribution in [-0.2, 0) is 28.4 Å². The number of aromatic amines is 2. The first-order chi connectivity index (χ1) is 58.2. The molecule has 646 valence electrons. The maximum Gasteiger partial charge on any atom is 0.435 e. The van der Waals surface area contributed by atoms with Crippen LogP contribution in [0.2, 0.25) is 0 Å². The van der Waals surface area contributed by atoms with Crippen molar-refractivity contribution in [3.63, 3.8) is 0 Å². The Morgan fingerprint density at radius 1 is 0.387 bits per heavy atom. The lowest BCUT2D eigenvalue weighted by molar-refractivity contribution is 0.0511. The van der Waals surface area contributed by atoms with Crippen LogP contribution >= 0.6 is 45.3 Å². The fraction of sp³-hybridized carbons (Fsp3) is 0.337. The number of aliphatic hydroxyl groups excluding tert-OH is 1. The molecule has 32 heteroatoms. The van der Waals surface area contributed by atoms with E-state index < -0.39 is 76.3 Å². The Morgan fingerprint density at radius 3 is 1.14 bits per heavy atom. The molecule has 16 aromatic rings. The normalized spacial score (nSPS) is 12.5. The minimum absolute atomic E-state index is 0.00770. The van der Waals surface area contributed by atoms with Gasteiger partial charge in [-0.25, -0.2) is 42.5 Å². The molecule has 0 saturated heterocycles. The molecule has 0 aliphatic heterocycles. The number of aldehydes is 1. The molecule has 0 aliphatic carbocycles. The van der Waals surface area contributed by atoms with Crippen molar-refractivity contribution in [3.8, 4) is 45.6 Å². The van der Waals surface area contributed by atoms with Gasteiger partial charge in [-0.2, -0.15) is 34.4 Å². The van der Waals surface area contributed by atoms with Crippen molar-refractivity contribution in [2.24, 2.45) is 0 Å². The van der Waals surface area contributed by atoms with Crippen LogP contribution in [0.4, 0.5) is 28.8 Å². The molecular formula is C92H98N12O16S4. The van der Waals surface area contributed by atoms with Gasteiger partial charge < -0.3 is 38.5 Å². The number of benzene rings is 4. The Morgan fingerprint density at radius 2 is 0.742 bits per heavy atom. The van der Waals surface area contributed by atoms with Gasteiger partial charge in [0, 0.05) is 56.6 Å². The monoisotopic (exact) mass is 1750 g/mol. The molecule has 1 atom stereocenters. The first-order valence-electron chi connectivity index (χ1n) is 40.2. The molecule has 0 bridgehead atoms. The number of carbonyl (C=O) groups excluding carboxylic acids is 9. The van der Waals surface area contributed by atoms with Crippen molar-refractivity contribution in [1.82, 2.24) is 58.2 Å². The van der Waals surface area contributed by atoms with E-state index >= 15 is 0 Å². The van der Waals surface area contributed by atoms with E-state index in [0.717, 1.165) is 69.4 Å². The minimum atomic E-state index is -0.725. The molecule has 0 spiro atoms. The minimum Gasteiger partial charge on any atom is -0.443 e. The maximum absolute atomic E-state index is 13.4. The van der Waals surface area contributed by atoms with Crippen LogP contribution in [0.1, 0.15) is 207 Å². The number of ether oxygens (including phenoxy) is 6.